The predicted molar refractivity (Wildman–Crippen MR) is 95.8 cm³/mol. The Labute approximate surface area is 136 Å². The SMILES string of the molecule is Cc1cnccc1N1CCCN(C2CSCCSC2)CC1. The summed E-state index contributed by atoms with van der Waals surface area (Å²) < 4.78 is 0. The third-order valence-electron chi connectivity index (χ3n) is 4.37. The van der Waals surface area contributed by atoms with E-state index in [9.17, 15) is 0 Å². The van der Waals surface area contributed by atoms with Gasteiger partial charge >= 0.3 is 0 Å². The molecule has 0 aliphatic carbocycles. The average molecular weight is 324 g/mol. The molecule has 3 heterocycles. The highest BCUT2D eigenvalue weighted by molar-refractivity contribution is 8.03. The quantitative estimate of drug-likeness (QED) is 0.831. The maximum Gasteiger partial charge on any atom is 0.0427 e. The van der Waals surface area contributed by atoms with Crippen LogP contribution in [-0.2, 0) is 0 Å². The summed E-state index contributed by atoms with van der Waals surface area (Å²) in [4.78, 5) is 9.51. The molecule has 3 nitrogen and oxygen atoms in total. The standard InChI is InChI=1S/C16H25N3S2/c1-14-11-17-4-3-16(14)19-6-2-5-18(7-8-19)15-12-20-9-10-21-13-15/h3-4,11,15H,2,5-10,12-13H2,1H3. The van der Waals surface area contributed by atoms with Crippen LogP contribution in [0.2, 0.25) is 0 Å². The van der Waals surface area contributed by atoms with Crippen LogP contribution in [0.15, 0.2) is 18.5 Å². The molecule has 2 aliphatic heterocycles. The summed E-state index contributed by atoms with van der Waals surface area (Å²) in [6.07, 6.45) is 5.17. The van der Waals surface area contributed by atoms with Gasteiger partial charge in [-0.05, 0) is 25.0 Å². The Kier molecular flexibility index (Phi) is 5.72. The average Bonchev–Trinajstić information content (AvgIpc) is 2.90. The highest BCUT2D eigenvalue weighted by Gasteiger charge is 2.23. The third kappa shape index (κ3) is 4.08. The number of aryl methyl sites for hydroxylation is 1. The number of hydrogen-bond acceptors (Lipinski definition) is 5. The second-order valence-electron chi connectivity index (χ2n) is 5.84. The molecule has 2 saturated heterocycles. The molecule has 0 unspecified atom stereocenters. The van der Waals surface area contributed by atoms with E-state index in [1.54, 1.807) is 0 Å². The van der Waals surface area contributed by atoms with Gasteiger partial charge in [0.1, 0.15) is 0 Å². The van der Waals surface area contributed by atoms with Crippen molar-refractivity contribution in [1.29, 1.82) is 0 Å². The van der Waals surface area contributed by atoms with Crippen LogP contribution < -0.4 is 4.90 Å². The van der Waals surface area contributed by atoms with Crippen molar-refractivity contribution in [3.63, 3.8) is 0 Å². The maximum atomic E-state index is 4.22. The van der Waals surface area contributed by atoms with Gasteiger partial charge in [0.2, 0.25) is 0 Å². The zero-order chi connectivity index (χ0) is 14.5. The molecule has 1 aromatic heterocycles. The van der Waals surface area contributed by atoms with Crippen LogP contribution in [0.5, 0.6) is 0 Å². The normalized spacial score (nSPS) is 22.8. The zero-order valence-electron chi connectivity index (χ0n) is 12.8. The van der Waals surface area contributed by atoms with Crippen molar-refractivity contribution < 1.29 is 0 Å². The van der Waals surface area contributed by atoms with Gasteiger partial charge in [-0.3, -0.25) is 9.88 Å². The van der Waals surface area contributed by atoms with E-state index in [4.69, 9.17) is 0 Å². The van der Waals surface area contributed by atoms with E-state index >= 15 is 0 Å². The van der Waals surface area contributed by atoms with Crippen LogP contribution in [0.3, 0.4) is 0 Å². The van der Waals surface area contributed by atoms with E-state index in [1.165, 1.54) is 60.3 Å². The minimum Gasteiger partial charge on any atom is -0.370 e. The molecule has 0 spiro atoms. The van der Waals surface area contributed by atoms with Gasteiger partial charge in [0.05, 0.1) is 0 Å². The Morgan fingerprint density at radius 1 is 1.10 bits per heavy atom. The molecule has 0 N–H and O–H groups in total. The van der Waals surface area contributed by atoms with Gasteiger partial charge in [0.15, 0.2) is 0 Å². The Balaban J connectivity index is 1.62. The molecule has 116 valence electrons. The second-order valence-corrected chi connectivity index (χ2v) is 8.14. The molecule has 2 aliphatic rings. The van der Waals surface area contributed by atoms with E-state index in [-0.39, 0.29) is 0 Å². The van der Waals surface area contributed by atoms with Crippen molar-refractivity contribution >= 4 is 29.2 Å². The maximum absolute atomic E-state index is 4.22. The first kappa shape index (κ1) is 15.5. The van der Waals surface area contributed by atoms with Crippen molar-refractivity contribution in [3.8, 4) is 0 Å². The van der Waals surface area contributed by atoms with Crippen LogP contribution in [-0.4, -0.2) is 65.1 Å². The van der Waals surface area contributed by atoms with Crippen molar-refractivity contribution in [3.05, 3.63) is 24.0 Å². The van der Waals surface area contributed by atoms with Crippen LogP contribution in [0.25, 0.3) is 0 Å². The van der Waals surface area contributed by atoms with E-state index in [2.05, 4.69) is 51.3 Å². The lowest BCUT2D eigenvalue weighted by atomic mass is 10.2. The number of aromatic nitrogens is 1. The molecule has 0 atom stereocenters. The van der Waals surface area contributed by atoms with Crippen LogP contribution >= 0.6 is 23.5 Å². The van der Waals surface area contributed by atoms with Crippen LogP contribution in [0, 0.1) is 6.92 Å². The van der Waals surface area contributed by atoms with E-state index < -0.39 is 0 Å². The zero-order valence-corrected chi connectivity index (χ0v) is 14.5. The molecule has 0 bridgehead atoms. The van der Waals surface area contributed by atoms with E-state index in [0.717, 1.165) is 12.6 Å². The van der Waals surface area contributed by atoms with E-state index in [1.807, 2.05) is 12.4 Å². The first-order chi connectivity index (χ1) is 10.3. The fraction of sp³-hybridized carbons (Fsp3) is 0.688. The van der Waals surface area contributed by atoms with Crippen molar-refractivity contribution in [2.75, 3.05) is 54.1 Å². The van der Waals surface area contributed by atoms with E-state index in [0.29, 0.717) is 0 Å². The topological polar surface area (TPSA) is 19.4 Å². The van der Waals surface area contributed by atoms with Crippen LogP contribution in [0.1, 0.15) is 12.0 Å². The lowest BCUT2D eigenvalue weighted by Crippen LogP contribution is -2.41. The molecule has 5 heteroatoms. The Morgan fingerprint density at radius 2 is 1.90 bits per heavy atom. The molecule has 0 radical (unpaired) electrons. The second kappa shape index (κ2) is 7.75. The van der Waals surface area contributed by atoms with Gasteiger partial charge in [-0.15, -0.1) is 0 Å². The summed E-state index contributed by atoms with van der Waals surface area (Å²) in [5.74, 6) is 5.30. The Bertz CT molecular complexity index is 447. The number of pyridine rings is 1. The molecule has 1 aromatic rings. The first-order valence-electron chi connectivity index (χ1n) is 7.89. The Hall–Kier alpha value is -0.390. The molecule has 2 fully saturated rings. The molecular weight excluding hydrogens is 298 g/mol. The third-order valence-corrected chi connectivity index (χ3v) is 6.86. The van der Waals surface area contributed by atoms with Gasteiger partial charge in [0.25, 0.3) is 0 Å². The number of nitrogens with zero attached hydrogens (tertiary/aromatic N) is 3. The molecule has 3 rings (SSSR count). The lowest BCUT2D eigenvalue weighted by molar-refractivity contribution is 0.245. The van der Waals surface area contributed by atoms with Gasteiger partial charge in [0, 0.05) is 73.3 Å². The van der Waals surface area contributed by atoms with Crippen molar-refractivity contribution in [1.82, 2.24) is 9.88 Å². The van der Waals surface area contributed by atoms with Gasteiger partial charge in [-0.2, -0.15) is 23.5 Å². The van der Waals surface area contributed by atoms with Gasteiger partial charge in [-0.25, -0.2) is 0 Å². The molecule has 0 saturated carbocycles. The summed E-state index contributed by atoms with van der Waals surface area (Å²) in [6.45, 7) is 6.95. The fourth-order valence-corrected chi connectivity index (χ4v) is 5.81. The summed E-state index contributed by atoms with van der Waals surface area (Å²) in [6, 6.07) is 2.95. The largest absolute Gasteiger partial charge is 0.370 e. The monoisotopic (exact) mass is 323 g/mol. The molecule has 21 heavy (non-hydrogen) atoms. The highest BCUT2D eigenvalue weighted by atomic mass is 32.2. The number of rotatable bonds is 2. The minimum absolute atomic E-state index is 0.779. The number of hydrogen-bond donors (Lipinski definition) is 0. The summed E-state index contributed by atoms with van der Waals surface area (Å²) in [5, 5.41) is 0. The fourth-order valence-electron chi connectivity index (χ4n) is 3.18. The summed E-state index contributed by atoms with van der Waals surface area (Å²) in [5.41, 5.74) is 2.67. The highest BCUT2D eigenvalue weighted by Crippen LogP contribution is 2.24. The number of anilines is 1. The molecule has 0 amide bonds. The first-order valence-corrected chi connectivity index (χ1v) is 10.2. The van der Waals surface area contributed by atoms with Crippen molar-refractivity contribution in [2.24, 2.45) is 0 Å². The van der Waals surface area contributed by atoms with Crippen LogP contribution in [0.4, 0.5) is 5.69 Å². The van der Waals surface area contributed by atoms with Crippen molar-refractivity contribution in [2.45, 2.75) is 19.4 Å². The smallest absolute Gasteiger partial charge is 0.0427 e. The lowest BCUT2D eigenvalue weighted by Gasteiger charge is -2.29. The number of thioether (sulfide) groups is 2. The Morgan fingerprint density at radius 3 is 2.67 bits per heavy atom. The molecule has 0 aromatic carbocycles. The summed E-state index contributed by atoms with van der Waals surface area (Å²) in [7, 11) is 0. The molecular formula is C16H25N3S2. The summed E-state index contributed by atoms with van der Waals surface area (Å²) >= 11 is 4.28. The minimum atomic E-state index is 0.779. The van der Waals surface area contributed by atoms with Gasteiger partial charge < -0.3 is 4.90 Å². The predicted octanol–water partition coefficient (Wildman–Crippen LogP) is 2.75. The van der Waals surface area contributed by atoms with Gasteiger partial charge in [-0.1, -0.05) is 0 Å².